The number of aliphatic hydroxyl groups excluding tert-OH is 2. The third-order valence-corrected chi connectivity index (χ3v) is 12.7. The minimum Gasteiger partial charge on any atom is -0.391 e. The number of morpholine rings is 1. The van der Waals surface area contributed by atoms with E-state index in [9.17, 15) is 10.2 Å². The number of nitrogens with zero attached hydrogens (tertiary/aromatic N) is 17. The van der Waals surface area contributed by atoms with Gasteiger partial charge in [-0.1, -0.05) is 125 Å². The average Bonchev–Trinajstić information content (AvgIpc) is 3.19. The van der Waals surface area contributed by atoms with E-state index < -0.39 is 0 Å². The molecule has 0 radical (unpaired) electrons. The summed E-state index contributed by atoms with van der Waals surface area (Å²) in [5.74, 6) is 2.35. The van der Waals surface area contributed by atoms with Crippen molar-refractivity contribution in [1.29, 1.82) is 27.0 Å². The van der Waals surface area contributed by atoms with Crippen LogP contribution in [0.3, 0.4) is 0 Å². The van der Waals surface area contributed by atoms with Gasteiger partial charge in [0.05, 0.1) is 25.4 Å². The second-order valence-corrected chi connectivity index (χ2v) is 29.6. The molecule has 5 fully saturated rings. The SMILES string of the molecule is CC(C)(C)/C=N/NC(=N)N1CCC(O)C1.CC(C)(C)/C=N/NC(=N)N1CCCC1.CN(/N=C/C(C)(C)C)C(=N)N1CCC(O)C1.CN(/N=C/C(C)(C)C)C(=N)N1CCOCC1.CN1CCN(C(=N)N(C)/N=C/C(C)(C)C)CC1.CN=C(N)N(C)/N=C/C(C)(C)C. The minimum absolute atomic E-state index is 0.0117. The van der Waals surface area contributed by atoms with Gasteiger partial charge in [0.25, 0.3) is 0 Å². The van der Waals surface area contributed by atoms with Crippen LogP contribution in [-0.2, 0) is 4.74 Å². The topological polar surface area (TPSA) is 338 Å². The molecule has 0 aromatic carbocycles. The third kappa shape index (κ3) is 41.7. The Balaban J connectivity index is 0.00000106. The van der Waals surface area contributed by atoms with Gasteiger partial charge in [0, 0.05) is 151 Å². The van der Waals surface area contributed by atoms with Gasteiger partial charge in [-0.25, -0.2) is 30.9 Å². The number of aliphatic hydroxyl groups is 2. The van der Waals surface area contributed by atoms with Gasteiger partial charge < -0.3 is 50.1 Å². The maximum atomic E-state index is 9.39. The van der Waals surface area contributed by atoms with Gasteiger partial charge in [-0.05, 0) is 65.2 Å². The van der Waals surface area contributed by atoms with E-state index in [4.69, 9.17) is 37.5 Å². The molecule has 2 atom stereocenters. The minimum atomic E-state index is -0.307. The van der Waals surface area contributed by atoms with Crippen LogP contribution >= 0.6 is 0 Å². The standard InChI is InChI=1S/C12H25N5.2C11H22N4O.C10H20N4O.C10H20N4.C8H18N4/c1-12(2,3)10-14-16(5)11(13)17-8-6-15(4)7-9-17;1-11(2,3)9-13-14(4)10(12)15-5-7-16-8-6-15;1-11(2,3)8-13-14(4)10(12)15-6-5-9(16)7-15;1-10(2,3)7-12-13-9(11)14-5-4-8(15)6-14;1-10(2,3)8-12-13-9(11)14-6-4-5-7-14;1-8(2,3)6-11-12(5)7(9)10-4/h10,13H,6-9H2,1-5H3;9,12H,5-8H2,1-4H3;8-9,12,16H,5-7H2,1-4H3;7-8,15H,4-6H2,1-3H3,(H2,11,13);8H,4-7H2,1-3H3,(H2,11,13);6H,1-5H3,(H2,9,10)/b13-11?,14-10+;12-10?,13-9+;12-10?,13-8+;12-7+;12-8+;11-6+. The number of nitrogens with one attached hydrogen (secondary N) is 7. The molecule has 5 saturated heterocycles. The quantitative estimate of drug-likeness (QED) is 0.0777. The largest absolute Gasteiger partial charge is 0.391 e. The summed E-state index contributed by atoms with van der Waals surface area (Å²) >= 11 is 0. The van der Waals surface area contributed by atoms with E-state index in [0.717, 1.165) is 78.3 Å². The van der Waals surface area contributed by atoms with Crippen molar-refractivity contribution in [2.24, 2.45) is 73.8 Å². The second kappa shape index (κ2) is 39.7. The van der Waals surface area contributed by atoms with Gasteiger partial charge in [-0.15, -0.1) is 0 Å². The number of β-amino-alcohol motifs (C(OH)–C–C–N with tert-alkyl or cyclic N) is 2. The fourth-order valence-electron chi connectivity index (χ4n) is 7.35. The number of guanidine groups is 6. The van der Waals surface area contributed by atoms with E-state index in [1.807, 2.05) is 73.6 Å². The Morgan fingerprint density at radius 3 is 1.08 bits per heavy atom. The van der Waals surface area contributed by atoms with E-state index >= 15 is 0 Å². The van der Waals surface area contributed by atoms with Gasteiger partial charge in [0.2, 0.25) is 35.8 Å². The highest BCUT2D eigenvalue weighted by Gasteiger charge is 2.26. The summed E-state index contributed by atoms with van der Waals surface area (Å²) in [7, 11) is 10.9. The molecule has 5 heterocycles. The zero-order valence-electron chi connectivity index (χ0n) is 60.3. The zero-order valence-corrected chi connectivity index (χ0v) is 60.3. The first-order valence-electron chi connectivity index (χ1n) is 31.5. The number of hydrogen-bond acceptors (Lipinski definition) is 16. The number of piperazine rings is 1. The summed E-state index contributed by atoms with van der Waals surface area (Å²) in [6.45, 7) is 48.6. The number of ether oxygens (including phenoxy) is 1. The molecule has 5 aliphatic rings. The van der Waals surface area contributed by atoms with Crippen LogP contribution in [0.25, 0.3) is 0 Å². The monoisotopic (exact) mass is 1270 g/mol. The van der Waals surface area contributed by atoms with Crippen molar-refractivity contribution in [3.63, 3.8) is 0 Å². The lowest BCUT2D eigenvalue weighted by Crippen LogP contribution is -2.50. The first-order valence-corrected chi connectivity index (χ1v) is 31.5. The highest BCUT2D eigenvalue weighted by atomic mass is 16.5. The highest BCUT2D eigenvalue weighted by Crippen LogP contribution is 2.16. The Labute approximate surface area is 543 Å². The molecule has 90 heavy (non-hydrogen) atoms. The Hall–Kier alpha value is -6.52. The van der Waals surface area contributed by atoms with Crippen LogP contribution in [0.1, 0.15) is 150 Å². The smallest absolute Gasteiger partial charge is 0.214 e. The fraction of sp³-hybridized carbons (Fsp3) is 0.806. The summed E-state index contributed by atoms with van der Waals surface area (Å²) in [6.07, 6.45) is 14.2. The predicted octanol–water partition coefficient (Wildman–Crippen LogP) is 6.44. The summed E-state index contributed by atoms with van der Waals surface area (Å²) in [5.41, 5.74) is 11.2. The van der Waals surface area contributed by atoms with Crippen molar-refractivity contribution >= 4 is 73.0 Å². The summed E-state index contributed by atoms with van der Waals surface area (Å²) in [6, 6.07) is 0. The molecule has 0 aromatic rings. The molecule has 0 bridgehead atoms. The molecule has 0 amide bonds. The number of hydrogen-bond donors (Lipinski definition) is 10. The van der Waals surface area contributed by atoms with Crippen molar-refractivity contribution in [3.8, 4) is 0 Å². The molecule has 11 N–H and O–H groups in total. The lowest BCUT2D eigenvalue weighted by atomic mass is 9.99. The lowest BCUT2D eigenvalue weighted by Gasteiger charge is -2.35. The maximum absolute atomic E-state index is 9.39. The summed E-state index contributed by atoms with van der Waals surface area (Å²) < 4.78 is 5.25. The van der Waals surface area contributed by atoms with E-state index in [1.165, 1.54) is 12.8 Å². The summed E-state index contributed by atoms with van der Waals surface area (Å²) in [4.78, 5) is 15.8. The third-order valence-electron chi connectivity index (χ3n) is 12.7. The van der Waals surface area contributed by atoms with Crippen molar-refractivity contribution < 1.29 is 14.9 Å². The number of likely N-dealkylation sites (tertiary alicyclic amines) is 3. The van der Waals surface area contributed by atoms with Crippen LogP contribution in [0.4, 0.5) is 0 Å². The molecular weight excluding hydrogens is 1140 g/mol. The van der Waals surface area contributed by atoms with Gasteiger partial charge in [0.15, 0.2) is 0 Å². The number of rotatable bonds is 6. The molecule has 0 aliphatic carbocycles. The molecule has 0 spiro atoms. The molecule has 5 rings (SSSR count). The van der Waals surface area contributed by atoms with Crippen molar-refractivity contribution in [1.82, 2.24) is 60.3 Å². The maximum Gasteiger partial charge on any atom is 0.214 e. The van der Waals surface area contributed by atoms with Crippen LogP contribution in [0.5, 0.6) is 0 Å². The summed E-state index contributed by atoms with van der Waals surface area (Å²) in [5, 5.41) is 89.4. The predicted molar refractivity (Wildman–Crippen MR) is 378 cm³/mol. The van der Waals surface area contributed by atoms with E-state index in [0.29, 0.717) is 56.1 Å². The van der Waals surface area contributed by atoms with E-state index in [2.05, 4.69) is 167 Å². The van der Waals surface area contributed by atoms with Gasteiger partial charge >= 0.3 is 0 Å². The fourth-order valence-corrected chi connectivity index (χ4v) is 7.35. The first kappa shape index (κ1) is 83.5. The highest BCUT2D eigenvalue weighted by molar-refractivity contribution is 5.81. The van der Waals surface area contributed by atoms with Crippen LogP contribution in [-0.4, -0.2) is 279 Å². The number of hydrazone groups is 6. The van der Waals surface area contributed by atoms with Crippen LogP contribution < -0.4 is 16.6 Å². The Morgan fingerprint density at radius 2 is 0.756 bits per heavy atom. The first-order chi connectivity index (χ1) is 41.2. The Kier molecular flexibility index (Phi) is 36.8. The molecule has 0 aromatic heterocycles. The Bertz CT molecular complexity index is 2280. The second-order valence-electron chi connectivity index (χ2n) is 29.6. The molecule has 518 valence electrons. The number of aliphatic imine (C=N–C) groups is 1. The molecular formula is C62H127N25O3. The molecule has 0 saturated carbocycles. The van der Waals surface area contributed by atoms with Gasteiger partial charge in [-0.3, -0.25) is 32.0 Å². The molecule has 2 unspecified atom stereocenters. The number of nitrogens with two attached hydrogens (primary N) is 1. The number of likely N-dealkylation sites (N-methyl/N-ethyl adjacent to an activating group) is 1. The molecule has 5 aliphatic heterocycles. The van der Waals surface area contributed by atoms with Crippen LogP contribution in [0, 0.1) is 59.5 Å². The van der Waals surface area contributed by atoms with E-state index in [-0.39, 0.29) is 50.7 Å². The average molecular weight is 1270 g/mol. The van der Waals surface area contributed by atoms with Crippen molar-refractivity contribution in [3.05, 3.63) is 0 Å². The van der Waals surface area contributed by atoms with Gasteiger partial charge in [-0.2, -0.15) is 30.6 Å². The Morgan fingerprint density at radius 1 is 0.444 bits per heavy atom. The molecule has 28 heteroatoms. The van der Waals surface area contributed by atoms with E-state index in [1.54, 1.807) is 59.3 Å². The lowest BCUT2D eigenvalue weighted by molar-refractivity contribution is 0.0627. The zero-order chi connectivity index (χ0) is 69.4. The van der Waals surface area contributed by atoms with Crippen LogP contribution in [0.15, 0.2) is 35.6 Å². The van der Waals surface area contributed by atoms with Crippen LogP contribution in [0.2, 0.25) is 0 Å². The normalized spacial score (nSPS) is 19.0. The van der Waals surface area contributed by atoms with Gasteiger partial charge in [0.1, 0.15) is 0 Å². The van der Waals surface area contributed by atoms with Crippen molar-refractivity contribution in [2.45, 2.75) is 163 Å². The van der Waals surface area contributed by atoms with Crippen molar-refractivity contribution in [2.75, 3.05) is 134 Å². The molecule has 28 nitrogen and oxygen atoms in total.